The number of H-pyrrole nitrogens is 1. The Morgan fingerprint density at radius 3 is 3.11 bits per heavy atom. The van der Waals surface area contributed by atoms with E-state index in [9.17, 15) is 0 Å². The van der Waals surface area contributed by atoms with Crippen LogP contribution >= 0.6 is 0 Å². The molecule has 2 aromatic heterocycles. The second-order valence-corrected chi connectivity index (χ2v) is 4.08. The van der Waals surface area contributed by atoms with Crippen LogP contribution in [0, 0.1) is 0 Å². The molecule has 1 aromatic carbocycles. The lowest BCUT2D eigenvalue weighted by molar-refractivity contribution is 0.173. The highest BCUT2D eigenvalue weighted by atomic mass is 16.5. The molecule has 0 saturated carbocycles. The van der Waals surface area contributed by atoms with Gasteiger partial charge in [0.2, 0.25) is 0 Å². The molecular formula is C13H14N4O. The first-order valence-corrected chi connectivity index (χ1v) is 5.80. The highest BCUT2D eigenvalue weighted by Crippen LogP contribution is 2.21. The van der Waals surface area contributed by atoms with Crippen molar-refractivity contribution in [2.75, 3.05) is 13.8 Å². The number of ether oxygens (including phenoxy) is 1. The van der Waals surface area contributed by atoms with E-state index in [2.05, 4.69) is 20.3 Å². The minimum atomic E-state index is 0.510. The molecule has 0 aliphatic rings. The predicted octanol–water partition coefficient (Wildman–Crippen LogP) is 1.80. The summed E-state index contributed by atoms with van der Waals surface area (Å²) >= 11 is 0. The normalized spacial score (nSPS) is 11.4. The van der Waals surface area contributed by atoms with Crippen molar-refractivity contribution < 1.29 is 4.74 Å². The van der Waals surface area contributed by atoms with Crippen molar-refractivity contribution in [1.29, 1.82) is 0 Å². The topological polar surface area (TPSA) is 62.8 Å². The van der Waals surface area contributed by atoms with Gasteiger partial charge in [-0.15, -0.1) is 0 Å². The lowest BCUT2D eigenvalue weighted by atomic mass is 10.2. The first kappa shape index (κ1) is 11.1. The number of aromatic nitrogens is 3. The Balaban J connectivity index is 2.03. The number of nitrogens with one attached hydrogen (secondary N) is 2. The molecule has 3 rings (SSSR count). The Labute approximate surface area is 104 Å². The number of methoxy groups -OCH3 is 1. The highest BCUT2D eigenvalue weighted by molar-refractivity contribution is 6.01. The summed E-state index contributed by atoms with van der Waals surface area (Å²) in [5.41, 5.74) is 2.89. The Kier molecular flexibility index (Phi) is 2.92. The molecule has 0 unspecified atom stereocenters. The van der Waals surface area contributed by atoms with E-state index in [1.165, 1.54) is 0 Å². The van der Waals surface area contributed by atoms with E-state index in [0.717, 1.165) is 27.8 Å². The fourth-order valence-electron chi connectivity index (χ4n) is 2.01. The summed E-state index contributed by atoms with van der Waals surface area (Å²) in [6, 6.07) is 8.01. The lowest BCUT2D eigenvalue weighted by Crippen LogP contribution is -2.16. The van der Waals surface area contributed by atoms with E-state index >= 15 is 0 Å². The smallest absolute Gasteiger partial charge is 0.121 e. The molecule has 0 spiro atoms. The van der Waals surface area contributed by atoms with Crippen molar-refractivity contribution in [2.24, 2.45) is 0 Å². The molecule has 92 valence electrons. The highest BCUT2D eigenvalue weighted by Gasteiger charge is 2.06. The molecule has 2 N–H and O–H groups in total. The van der Waals surface area contributed by atoms with Crippen LogP contribution in [0.2, 0.25) is 0 Å². The van der Waals surface area contributed by atoms with Crippen molar-refractivity contribution in [2.45, 2.75) is 6.54 Å². The number of aromatic amines is 1. The lowest BCUT2D eigenvalue weighted by Gasteiger charge is -1.98. The van der Waals surface area contributed by atoms with Gasteiger partial charge in [0.25, 0.3) is 0 Å². The van der Waals surface area contributed by atoms with Crippen molar-refractivity contribution in [1.82, 2.24) is 20.3 Å². The zero-order valence-electron chi connectivity index (χ0n) is 10.1. The fraction of sp³-hybridized carbons (Fsp3) is 0.231. The van der Waals surface area contributed by atoms with E-state index in [4.69, 9.17) is 4.74 Å². The number of imidazole rings is 1. The monoisotopic (exact) mass is 242 g/mol. The molecule has 5 heteroatoms. The summed E-state index contributed by atoms with van der Waals surface area (Å²) in [4.78, 5) is 12.3. The average Bonchev–Trinajstić information content (AvgIpc) is 2.82. The average molecular weight is 242 g/mol. The van der Waals surface area contributed by atoms with Crippen LogP contribution in [-0.2, 0) is 11.3 Å². The maximum atomic E-state index is 4.94. The van der Waals surface area contributed by atoms with Gasteiger partial charge in [0.15, 0.2) is 0 Å². The van der Waals surface area contributed by atoms with E-state index in [1.54, 1.807) is 7.11 Å². The van der Waals surface area contributed by atoms with Crippen LogP contribution in [0.25, 0.3) is 21.9 Å². The van der Waals surface area contributed by atoms with Crippen LogP contribution in [-0.4, -0.2) is 28.8 Å². The van der Waals surface area contributed by atoms with Crippen LogP contribution in [0.5, 0.6) is 0 Å². The third-order valence-electron chi connectivity index (χ3n) is 2.81. The maximum Gasteiger partial charge on any atom is 0.121 e. The van der Waals surface area contributed by atoms with Gasteiger partial charge in [0.1, 0.15) is 5.82 Å². The van der Waals surface area contributed by atoms with Gasteiger partial charge < -0.3 is 9.72 Å². The van der Waals surface area contributed by atoms with Crippen molar-refractivity contribution in [3.8, 4) is 0 Å². The number of pyridine rings is 1. The molecule has 5 nitrogen and oxygen atoms in total. The molecule has 0 amide bonds. The summed E-state index contributed by atoms with van der Waals surface area (Å²) < 4.78 is 4.94. The van der Waals surface area contributed by atoms with E-state index in [0.29, 0.717) is 13.3 Å². The zero-order valence-corrected chi connectivity index (χ0v) is 10.1. The summed E-state index contributed by atoms with van der Waals surface area (Å²) in [5, 5.41) is 4.20. The Morgan fingerprint density at radius 2 is 2.22 bits per heavy atom. The molecule has 0 fully saturated rings. The number of nitrogens with zero attached hydrogens (tertiary/aromatic N) is 2. The molecule has 0 aliphatic heterocycles. The summed E-state index contributed by atoms with van der Waals surface area (Å²) in [6.45, 7) is 1.16. The summed E-state index contributed by atoms with van der Waals surface area (Å²) in [7, 11) is 1.66. The third-order valence-corrected chi connectivity index (χ3v) is 2.81. The van der Waals surface area contributed by atoms with Crippen LogP contribution < -0.4 is 5.32 Å². The van der Waals surface area contributed by atoms with Gasteiger partial charge in [-0.1, -0.05) is 18.2 Å². The zero-order chi connectivity index (χ0) is 12.4. The number of hydrogen-bond acceptors (Lipinski definition) is 4. The molecule has 0 bridgehead atoms. The van der Waals surface area contributed by atoms with Gasteiger partial charge in [-0.2, -0.15) is 0 Å². The predicted molar refractivity (Wildman–Crippen MR) is 70.1 cm³/mol. The number of para-hydroxylation sites is 1. The van der Waals surface area contributed by atoms with Gasteiger partial charge in [-0.3, -0.25) is 10.3 Å². The minimum Gasteiger partial charge on any atom is -0.370 e. The van der Waals surface area contributed by atoms with Gasteiger partial charge in [-0.25, -0.2) is 4.98 Å². The molecule has 0 aliphatic carbocycles. The van der Waals surface area contributed by atoms with Crippen molar-refractivity contribution in [3.05, 3.63) is 36.3 Å². The van der Waals surface area contributed by atoms with Gasteiger partial charge in [0, 0.05) is 12.5 Å². The standard InChI is InChI=1S/C13H14N4O/c1-18-8-14-7-12-16-11-6-15-10-5-3-2-4-9(10)13(11)17-12/h2-6,14H,7-8H2,1H3,(H,16,17). The molecule has 2 heterocycles. The number of rotatable bonds is 4. The Morgan fingerprint density at radius 1 is 1.33 bits per heavy atom. The summed E-state index contributed by atoms with van der Waals surface area (Å²) in [5.74, 6) is 0.889. The van der Waals surface area contributed by atoms with Crippen LogP contribution in [0.4, 0.5) is 0 Å². The summed E-state index contributed by atoms with van der Waals surface area (Å²) in [6.07, 6.45) is 1.82. The molecule has 18 heavy (non-hydrogen) atoms. The van der Waals surface area contributed by atoms with Gasteiger partial charge in [-0.05, 0) is 6.07 Å². The van der Waals surface area contributed by atoms with Gasteiger partial charge >= 0.3 is 0 Å². The second-order valence-electron chi connectivity index (χ2n) is 4.08. The minimum absolute atomic E-state index is 0.510. The Bertz CT molecular complexity index is 677. The quantitative estimate of drug-likeness (QED) is 0.541. The SMILES string of the molecule is COCNCc1nc2c(cnc3ccccc32)[nH]1. The molecule has 0 saturated heterocycles. The van der Waals surface area contributed by atoms with Crippen LogP contribution in [0.3, 0.4) is 0 Å². The van der Waals surface area contributed by atoms with Crippen molar-refractivity contribution >= 4 is 21.9 Å². The maximum absolute atomic E-state index is 4.94. The van der Waals surface area contributed by atoms with E-state index in [1.807, 2.05) is 30.5 Å². The molecule has 0 radical (unpaired) electrons. The second kappa shape index (κ2) is 4.72. The number of benzene rings is 1. The fourth-order valence-corrected chi connectivity index (χ4v) is 2.01. The van der Waals surface area contributed by atoms with E-state index in [-0.39, 0.29) is 0 Å². The molecular weight excluding hydrogens is 228 g/mol. The largest absolute Gasteiger partial charge is 0.370 e. The first-order chi connectivity index (χ1) is 8.88. The van der Waals surface area contributed by atoms with Gasteiger partial charge in [0.05, 0.1) is 36.0 Å². The number of fused-ring (bicyclic) bond motifs is 3. The molecule has 0 atom stereocenters. The van der Waals surface area contributed by atoms with Crippen LogP contribution in [0.15, 0.2) is 30.5 Å². The number of hydrogen-bond donors (Lipinski definition) is 2. The van der Waals surface area contributed by atoms with Crippen LogP contribution in [0.1, 0.15) is 5.82 Å². The van der Waals surface area contributed by atoms with E-state index < -0.39 is 0 Å². The first-order valence-electron chi connectivity index (χ1n) is 5.80. The molecule has 3 aromatic rings. The Hall–Kier alpha value is -1.98. The van der Waals surface area contributed by atoms with Crippen molar-refractivity contribution in [3.63, 3.8) is 0 Å². The third kappa shape index (κ3) is 1.94.